The molecule has 11 heavy (non-hydrogen) atoms. The van der Waals surface area contributed by atoms with Crippen LogP contribution in [0, 0.1) is 0 Å². The van der Waals surface area contributed by atoms with Crippen molar-refractivity contribution in [2.45, 2.75) is 25.0 Å². The second-order valence-corrected chi connectivity index (χ2v) is 2.74. The van der Waals surface area contributed by atoms with E-state index in [1.165, 1.54) is 0 Å². The summed E-state index contributed by atoms with van der Waals surface area (Å²) in [5.74, 6) is 0. The number of hydrogen-bond acceptors (Lipinski definition) is 3. The molecule has 0 aromatic rings. The molecule has 62 valence electrons. The zero-order valence-electron chi connectivity index (χ0n) is 6.12. The van der Waals surface area contributed by atoms with Crippen LogP contribution in [0.25, 0.3) is 0 Å². The number of ether oxygens (including phenoxy) is 1. The van der Waals surface area contributed by atoms with Gasteiger partial charge in [-0.1, -0.05) is 12.2 Å². The molecule has 1 saturated carbocycles. The first-order valence-corrected chi connectivity index (χ1v) is 3.41. The van der Waals surface area contributed by atoms with Crippen LogP contribution in [0.1, 0.15) is 12.8 Å². The average molecular weight is 157 g/mol. The lowest BCUT2D eigenvalue weighted by Crippen LogP contribution is -2.32. The summed E-state index contributed by atoms with van der Waals surface area (Å²) < 4.78 is 4.52. The molecule has 0 bridgehead atoms. The van der Waals surface area contributed by atoms with E-state index < -0.39 is 6.16 Å². The van der Waals surface area contributed by atoms with E-state index in [4.69, 9.17) is 10.8 Å². The molecule has 3 N–H and O–H groups in total. The van der Waals surface area contributed by atoms with Crippen LogP contribution in [0.5, 0.6) is 0 Å². The summed E-state index contributed by atoms with van der Waals surface area (Å²) in [5.41, 5.74) is 6.53. The van der Waals surface area contributed by atoms with Crippen LogP contribution in [0.2, 0.25) is 0 Å². The molecular weight excluding hydrogens is 146 g/mol. The van der Waals surface area contributed by atoms with E-state index in [0.29, 0.717) is 12.8 Å². The van der Waals surface area contributed by atoms with Gasteiger partial charge >= 0.3 is 6.16 Å². The Morgan fingerprint density at radius 3 is 2.73 bits per heavy atom. The van der Waals surface area contributed by atoms with Gasteiger partial charge in [-0.25, -0.2) is 4.79 Å². The van der Waals surface area contributed by atoms with Gasteiger partial charge in [-0.15, -0.1) is 0 Å². The van der Waals surface area contributed by atoms with E-state index in [2.05, 4.69) is 11.3 Å². The lowest BCUT2D eigenvalue weighted by molar-refractivity contribution is 0.0494. The van der Waals surface area contributed by atoms with Gasteiger partial charge in [0, 0.05) is 12.5 Å². The number of hydrogen-bond donors (Lipinski definition) is 2. The van der Waals surface area contributed by atoms with Crippen molar-refractivity contribution in [1.29, 1.82) is 0 Å². The molecule has 1 aliphatic carbocycles. The van der Waals surface area contributed by atoms with Crippen molar-refractivity contribution < 1.29 is 14.6 Å². The molecule has 0 radical (unpaired) electrons. The highest BCUT2D eigenvalue weighted by Crippen LogP contribution is 2.24. The summed E-state index contributed by atoms with van der Waals surface area (Å²) in [6.45, 7) is 3.71. The van der Waals surface area contributed by atoms with Gasteiger partial charge in [-0.2, -0.15) is 0 Å². The summed E-state index contributed by atoms with van der Waals surface area (Å²) in [6, 6.07) is -0.210. The molecule has 4 heteroatoms. The Morgan fingerprint density at radius 2 is 2.36 bits per heavy atom. The third-order valence-electron chi connectivity index (χ3n) is 1.74. The molecular formula is C7H11NO3. The highest BCUT2D eigenvalue weighted by Gasteiger charge is 2.29. The lowest BCUT2D eigenvalue weighted by Gasteiger charge is -2.12. The van der Waals surface area contributed by atoms with Crippen LogP contribution in [0.3, 0.4) is 0 Å². The molecule has 4 nitrogen and oxygen atoms in total. The molecule has 0 spiro atoms. The van der Waals surface area contributed by atoms with Gasteiger partial charge in [0.15, 0.2) is 0 Å². The van der Waals surface area contributed by atoms with Crippen LogP contribution < -0.4 is 5.73 Å². The van der Waals surface area contributed by atoms with Gasteiger partial charge in [0.1, 0.15) is 6.10 Å². The van der Waals surface area contributed by atoms with E-state index >= 15 is 0 Å². The molecule has 0 aliphatic heterocycles. The van der Waals surface area contributed by atoms with Crippen molar-refractivity contribution in [3.8, 4) is 0 Å². The normalized spacial score (nSPS) is 30.5. The monoisotopic (exact) mass is 157 g/mol. The fraction of sp³-hybridized carbons (Fsp3) is 0.571. The molecule has 0 unspecified atom stereocenters. The smallest absolute Gasteiger partial charge is 0.450 e. The standard InChI is InChI=1S/C7H11NO3/c1-4-2-5(8)6(3-4)11-7(9)10/h5-6H,1-3,8H2,(H,9,10)/t5-,6+/m0/s1. The fourth-order valence-electron chi connectivity index (χ4n) is 1.24. The van der Waals surface area contributed by atoms with Crippen LogP contribution in [0.4, 0.5) is 4.79 Å². The summed E-state index contributed by atoms with van der Waals surface area (Å²) in [5, 5.41) is 8.27. The lowest BCUT2D eigenvalue weighted by atomic mass is 10.2. The zero-order valence-corrected chi connectivity index (χ0v) is 6.12. The Hall–Kier alpha value is -1.03. The average Bonchev–Trinajstić information content (AvgIpc) is 2.09. The van der Waals surface area contributed by atoms with Crippen LogP contribution in [-0.4, -0.2) is 23.4 Å². The third kappa shape index (κ3) is 1.94. The van der Waals surface area contributed by atoms with E-state index in [0.717, 1.165) is 5.57 Å². The number of carboxylic acid groups (broad SMARTS) is 1. The maximum Gasteiger partial charge on any atom is 0.506 e. The molecule has 1 fully saturated rings. The molecule has 0 aromatic heterocycles. The fourth-order valence-corrected chi connectivity index (χ4v) is 1.24. The Balaban J connectivity index is 2.46. The number of rotatable bonds is 1. The van der Waals surface area contributed by atoms with E-state index in [9.17, 15) is 4.79 Å². The van der Waals surface area contributed by atoms with Gasteiger partial charge in [-0.05, 0) is 6.42 Å². The predicted molar refractivity (Wildman–Crippen MR) is 39.2 cm³/mol. The maximum absolute atomic E-state index is 10.1. The third-order valence-corrected chi connectivity index (χ3v) is 1.74. The molecule has 0 amide bonds. The molecule has 1 aliphatic rings. The predicted octanol–water partition coefficient (Wildman–Crippen LogP) is 0.727. The number of nitrogens with two attached hydrogens (primary N) is 1. The van der Waals surface area contributed by atoms with Crippen molar-refractivity contribution in [2.75, 3.05) is 0 Å². The highest BCUT2D eigenvalue weighted by atomic mass is 16.7. The second kappa shape index (κ2) is 2.92. The molecule has 2 atom stereocenters. The Morgan fingerprint density at radius 1 is 1.73 bits per heavy atom. The molecule has 0 saturated heterocycles. The van der Waals surface area contributed by atoms with Gasteiger partial charge in [0.05, 0.1) is 0 Å². The van der Waals surface area contributed by atoms with Crippen molar-refractivity contribution in [2.24, 2.45) is 5.73 Å². The van der Waals surface area contributed by atoms with E-state index in [1.54, 1.807) is 0 Å². The van der Waals surface area contributed by atoms with Crippen molar-refractivity contribution in [1.82, 2.24) is 0 Å². The summed E-state index contributed by atoms with van der Waals surface area (Å²) in [4.78, 5) is 10.1. The Bertz CT molecular complexity index is 190. The largest absolute Gasteiger partial charge is 0.506 e. The minimum Gasteiger partial charge on any atom is -0.450 e. The summed E-state index contributed by atoms with van der Waals surface area (Å²) in [7, 11) is 0. The first-order chi connectivity index (χ1) is 5.09. The van der Waals surface area contributed by atoms with Gasteiger partial charge in [0.2, 0.25) is 0 Å². The zero-order chi connectivity index (χ0) is 8.43. The quantitative estimate of drug-likeness (QED) is 0.434. The van der Waals surface area contributed by atoms with Gasteiger partial charge in [0.25, 0.3) is 0 Å². The van der Waals surface area contributed by atoms with Crippen LogP contribution in [0.15, 0.2) is 12.2 Å². The SMILES string of the molecule is C=C1C[C@H](N)[C@H](OC(=O)O)C1. The molecule has 1 rings (SSSR count). The second-order valence-electron chi connectivity index (χ2n) is 2.74. The van der Waals surface area contributed by atoms with E-state index in [1.807, 2.05) is 0 Å². The Kier molecular flexibility index (Phi) is 2.14. The minimum absolute atomic E-state index is 0.210. The first-order valence-electron chi connectivity index (χ1n) is 3.41. The van der Waals surface area contributed by atoms with Crippen LogP contribution in [-0.2, 0) is 4.74 Å². The van der Waals surface area contributed by atoms with Gasteiger partial charge in [-0.3, -0.25) is 0 Å². The first kappa shape index (κ1) is 8.07. The van der Waals surface area contributed by atoms with E-state index in [-0.39, 0.29) is 12.1 Å². The van der Waals surface area contributed by atoms with Crippen molar-refractivity contribution in [3.63, 3.8) is 0 Å². The summed E-state index contributed by atoms with van der Waals surface area (Å²) in [6.07, 6.45) is -0.425. The molecule has 0 aromatic carbocycles. The topological polar surface area (TPSA) is 72.5 Å². The molecule has 0 heterocycles. The highest BCUT2D eigenvalue weighted by molar-refractivity contribution is 5.57. The van der Waals surface area contributed by atoms with Gasteiger partial charge < -0.3 is 15.6 Å². The Labute approximate surface area is 64.6 Å². The van der Waals surface area contributed by atoms with Crippen molar-refractivity contribution in [3.05, 3.63) is 12.2 Å². The summed E-state index contributed by atoms with van der Waals surface area (Å²) >= 11 is 0. The maximum atomic E-state index is 10.1. The minimum atomic E-state index is -1.26. The number of carbonyl (C=O) groups is 1. The van der Waals surface area contributed by atoms with Crippen molar-refractivity contribution >= 4 is 6.16 Å². The van der Waals surface area contributed by atoms with Crippen LogP contribution >= 0.6 is 0 Å².